The number of halogens is 1. The van der Waals surface area contributed by atoms with Crippen LogP contribution in [0.2, 0.25) is 5.02 Å². The first kappa shape index (κ1) is 19.9. The molecule has 2 N–H and O–H groups in total. The zero-order chi connectivity index (χ0) is 19.7. The summed E-state index contributed by atoms with van der Waals surface area (Å²) in [6.07, 6.45) is -0.711. The summed E-state index contributed by atoms with van der Waals surface area (Å²) in [5, 5.41) is 3.79. The topological polar surface area (TPSA) is 87.6 Å². The lowest BCUT2D eigenvalue weighted by Crippen LogP contribution is -2.52. The molecule has 9 heteroatoms. The molecular weight excluding hydrogens is 406 g/mol. The van der Waals surface area contributed by atoms with Crippen LogP contribution in [0.5, 0.6) is 0 Å². The standard InChI is InChI=1S/C18H18ClN3O3S2/c1-18(2,27(24,25)14-10-8-13(19)9-11-14)16(23)21-17-20-15(26-22-17)12-6-4-3-5-7-12/h3-11,17,22H,1-2H3,(H,21,23). The molecule has 0 spiro atoms. The van der Waals surface area contributed by atoms with Gasteiger partial charge < -0.3 is 5.32 Å². The number of sulfone groups is 1. The van der Waals surface area contributed by atoms with Gasteiger partial charge in [0, 0.05) is 10.6 Å². The van der Waals surface area contributed by atoms with Crippen molar-refractivity contribution >= 4 is 44.3 Å². The number of aliphatic imine (C=N–C) groups is 1. The molecule has 1 aliphatic heterocycles. The third-order valence-electron chi connectivity index (χ3n) is 4.14. The molecule has 0 saturated heterocycles. The Bertz CT molecular complexity index is 975. The van der Waals surface area contributed by atoms with E-state index in [0.717, 1.165) is 10.6 Å². The van der Waals surface area contributed by atoms with Gasteiger partial charge in [-0.15, -0.1) is 0 Å². The first-order valence-corrected chi connectivity index (χ1v) is 10.8. The number of rotatable bonds is 5. The van der Waals surface area contributed by atoms with Gasteiger partial charge in [-0.1, -0.05) is 41.9 Å². The third kappa shape index (κ3) is 4.03. The summed E-state index contributed by atoms with van der Waals surface area (Å²) >= 11 is 7.10. The van der Waals surface area contributed by atoms with E-state index in [0.29, 0.717) is 5.02 Å². The normalized spacial score (nSPS) is 17.4. The molecule has 2 aromatic rings. The Hall–Kier alpha value is -1.87. The monoisotopic (exact) mass is 423 g/mol. The summed E-state index contributed by atoms with van der Waals surface area (Å²) in [4.78, 5) is 17.2. The quantitative estimate of drug-likeness (QED) is 0.722. The van der Waals surface area contributed by atoms with Crippen LogP contribution in [-0.4, -0.2) is 30.4 Å². The number of hydrogen-bond acceptors (Lipinski definition) is 6. The van der Waals surface area contributed by atoms with E-state index < -0.39 is 26.8 Å². The maximum Gasteiger partial charge on any atom is 0.243 e. The van der Waals surface area contributed by atoms with Gasteiger partial charge in [0.05, 0.1) is 4.90 Å². The van der Waals surface area contributed by atoms with Crippen LogP contribution in [0.3, 0.4) is 0 Å². The van der Waals surface area contributed by atoms with E-state index in [-0.39, 0.29) is 4.90 Å². The van der Waals surface area contributed by atoms with Crippen molar-refractivity contribution in [1.29, 1.82) is 0 Å². The molecule has 3 rings (SSSR count). The second kappa shape index (κ2) is 7.63. The van der Waals surface area contributed by atoms with Gasteiger partial charge in [-0.2, -0.15) is 0 Å². The van der Waals surface area contributed by atoms with Gasteiger partial charge in [0.2, 0.25) is 5.91 Å². The maximum absolute atomic E-state index is 12.9. The summed E-state index contributed by atoms with van der Waals surface area (Å²) in [6, 6.07) is 15.3. The molecule has 0 aliphatic carbocycles. The molecule has 6 nitrogen and oxygen atoms in total. The summed E-state index contributed by atoms with van der Waals surface area (Å²) in [6.45, 7) is 2.74. The van der Waals surface area contributed by atoms with Gasteiger partial charge in [0.25, 0.3) is 0 Å². The Morgan fingerprint density at radius 1 is 1.15 bits per heavy atom. The van der Waals surface area contributed by atoms with Crippen LogP contribution in [0.15, 0.2) is 64.5 Å². The Labute approximate surface area is 167 Å². The molecule has 0 fully saturated rings. The largest absolute Gasteiger partial charge is 0.320 e. The van der Waals surface area contributed by atoms with Gasteiger partial charge in [-0.25, -0.2) is 18.1 Å². The predicted molar refractivity (Wildman–Crippen MR) is 108 cm³/mol. The van der Waals surface area contributed by atoms with E-state index in [4.69, 9.17) is 11.6 Å². The number of benzene rings is 2. The Balaban J connectivity index is 1.77. The lowest BCUT2D eigenvalue weighted by molar-refractivity contribution is -0.123. The molecule has 1 atom stereocenters. The highest BCUT2D eigenvalue weighted by molar-refractivity contribution is 8.13. The van der Waals surface area contributed by atoms with Crippen LogP contribution in [0, 0.1) is 0 Å². The van der Waals surface area contributed by atoms with E-state index in [2.05, 4.69) is 15.0 Å². The lowest BCUT2D eigenvalue weighted by atomic mass is 10.2. The summed E-state index contributed by atoms with van der Waals surface area (Å²) in [5.74, 6) is -0.645. The SMILES string of the molecule is CC(C)(C(=O)NC1N=C(c2ccccc2)SN1)S(=O)(=O)c1ccc(Cl)cc1. The van der Waals surface area contributed by atoms with Gasteiger partial charge >= 0.3 is 0 Å². The Kier molecular flexibility index (Phi) is 5.62. The smallest absolute Gasteiger partial charge is 0.243 e. The van der Waals surface area contributed by atoms with Crippen molar-refractivity contribution in [3.05, 3.63) is 65.2 Å². The van der Waals surface area contributed by atoms with Crippen molar-refractivity contribution in [2.75, 3.05) is 0 Å². The van der Waals surface area contributed by atoms with Crippen LogP contribution in [0.4, 0.5) is 0 Å². The fourth-order valence-corrected chi connectivity index (χ4v) is 4.65. The first-order chi connectivity index (χ1) is 12.7. The van der Waals surface area contributed by atoms with E-state index in [1.54, 1.807) is 0 Å². The molecule has 0 saturated carbocycles. The van der Waals surface area contributed by atoms with Gasteiger partial charge in [0.15, 0.2) is 16.1 Å². The van der Waals surface area contributed by atoms with Gasteiger partial charge in [0.1, 0.15) is 9.79 Å². The zero-order valence-electron chi connectivity index (χ0n) is 14.6. The molecule has 1 amide bonds. The zero-order valence-corrected chi connectivity index (χ0v) is 17.0. The molecule has 27 heavy (non-hydrogen) atoms. The predicted octanol–water partition coefficient (Wildman–Crippen LogP) is 2.99. The highest BCUT2D eigenvalue weighted by atomic mass is 35.5. The molecule has 0 aromatic heterocycles. The van der Waals surface area contributed by atoms with E-state index in [1.165, 1.54) is 50.1 Å². The van der Waals surface area contributed by atoms with Gasteiger partial charge in [-0.05, 0) is 50.1 Å². The van der Waals surface area contributed by atoms with E-state index >= 15 is 0 Å². The Morgan fingerprint density at radius 3 is 2.41 bits per heavy atom. The van der Waals surface area contributed by atoms with Crippen molar-refractivity contribution in [3.63, 3.8) is 0 Å². The summed E-state index contributed by atoms with van der Waals surface area (Å²) in [7, 11) is -3.92. The summed E-state index contributed by atoms with van der Waals surface area (Å²) in [5.41, 5.74) is 0.916. The second-order valence-electron chi connectivity index (χ2n) is 6.36. The van der Waals surface area contributed by atoms with E-state index in [1.807, 2.05) is 30.3 Å². The van der Waals surface area contributed by atoms with Crippen molar-refractivity contribution in [2.45, 2.75) is 29.8 Å². The number of amides is 1. The maximum atomic E-state index is 12.9. The number of carbonyl (C=O) groups excluding carboxylic acids is 1. The minimum absolute atomic E-state index is 0.0364. The van der Waals surface area contributed by atoms with Crippen LogP contribution in [0.1, 0.15) is 19.4 Å². The third-order valence-corrected chi connectivity index (χ3v) is 7.69. The minimum atomic E-state index is -3.92. The highest BCUT2D eigenvalue weighted by Crippen LogP contribution is 2.27. The highest BCUT2D eigenvalue weighted by Gasteiger charge is 2.43. The van der Waals surface area contributed by atoms with Gasteiger partial charge in [-0.3, -0.25) is 4.79 Å². The fourth-order valence-electron chi connectivity index (χ4n) is 2.39. The van der Waals surface area contributed by atoms with Crippen molar-refractivity contribution < 1.29 is 13.2 Å². The Morgan fingerprint density at radius 2 is 1.78 bits per heavy atom. The molecule has 2 aromatic carbocycles. The number of nitrogens with one attached hydrogen (secondary N) is 2. The summed E-state index contributed by atoms with van der Waals surface area (Å²) < 4.78 is 27.1. The molecule has 0 radical (unpaired) electrons. The van der Waals surface area contributed by atoms with Crippen LogP contribution < -0.4 is 10.0 Å². The number of nitrogens with zero attached hydrogens (tertiary/aromatic N) is 1. The van der Waals surface area contributed by atoms with Crippen molar-refractivity contribution in [1.82, 2.24) is 10.0 Å². The molecule has 1 aliphatic rings. The molecule has 0 bridgehead atoms. The van der Waals surface area contributed by atoms with Crippen LogP contribution in [-0.2, 0) is 14.6 Å². The van der Waals surface area contributed by atoms with Crippen molar-refractivity contribution in [2.24, 2.45) is 4.99 Å². The van der Waals surface area contributed by atoms with Crippen LogP contribution >= 0.6 is 23.5 Å². The lowest BCUT2D eigenvalue weighted by Gasteiger charge is -2.25. The minimum Gasteiger partial charge on any atom is -0.320 e. The fraction of sp³-hybridized carbons (Fsp3) is 0.222. The van der Waals surface area contributed by atoms with Crippen molar-refractivity contribution in [3.8, 4) is 0 Å². The average Bonchev–Trinajstić information content (AvgIpc) is 3.11. The average molecular weight is 424 g/mol. The first-order valence-electron chi connectivity index (χ1n) is 8.08. The number of hydrogen-bond donors (Lipinski definition) is 2. The van der Waals surface area contributed by atoms with E-state index in [9.17, 15) is 13.2 Å². The number of carbonyl (C=O) groups is 1. The molecule has 1 unspecified atom stereocenters. The molecule has 1 heterocycles. The second-order valence-corrected chi connectivity index (χ2v) is 10.1. The molecule has 142 valence electrons. The molecular formula is C18H18ClN3O3S2. The van der Waals surface area contributed by atoms with Crippen LogP contribution in [0.25, 0.3) is 0 Å².